The van der Waals surface area contributed by atoms with Crippen molar-refractivity contribution in [2.75, 3.05) is 114 Å². The van der Waals surface area contributed by atoms with Crippen LogP contribution in [-0.2, 0) is 57.6 Å². The largest absolute Gasteiger partial charge is 0.480 e. The van der Waals surface area contributed by atoms with Gasteiger partial charge in [0.2, 0.25) is 23.7 Å². The summed E-state index contributed by atoms with van der Waals surface area (Å²) in [4.78, 5) is 94.6. The monoisotopic (exact) mass is 1320 g/mol. The number of benzene rings is 2. The number of rotatable bonds is 34. The number of hydrogen-bond donors (Lipinski definition) is 7. The zero-order valence-electron chi connectivity index (χ0n) is 50.8. The van der Waals surface area contributed by atoms with E-state index in [1.54, 1.807) is 60.0 Å². The highest BCUT2D eigenvalue weighted by atomic mass is 35.5. The number of aliphatic carboxylic acids is 1. The number of aromatic amines is 2. The third-order valence-corrected chi connectivity index (χ3v) is 16.1. The van der Waals surface area contributed by atoms with Gasteiger partial charge in [-0.15, -0.1) is 16.9 Å². The normalized spacial score (nSPS) is 13.1. The standard InChI is InChI=1S/C61H68ClF2N17O11S/c1-36(44-27-38(30-65)3-8-46(44)63)71-55-52(62)37(2)70-49-29-47(64)53(74-54(49)55)40-31-68-61(69-32-40)80-15-13-79(14-16-80)51(83)35-91-19-17-81-33-42(77-78-81)34-92-25-24-90-23-22-89-21-20-88-18-12-67-50(82)10-9-48(59(86)87)73-57(84)39-4-6-43(7-5-39)93-26-11-41-28-45-56(72-41)75-60(66)76-58(45)85/h3-8,27-29,31-33,36,48H,9-26,34-35H2,1-2H3,(H,67,82)(H,70,71)(H,73,84)(H,86,87)(H4,66,72,75,76,85)/t36-,48+/m1/s1. The van der Waals surface area contributed by atoms with E-state index in [-0.39, 0.29) is 114 Å². The highest BCUT2D eigenvalue weighted by Gasteiger charge is 2.26. The summed E-state index contributed by atoms with van der Waals surface area (Å²) in [6.07, 6.45) is 5.05. The molecule has 8 aromatic rings. The minimum Gasteiger partial charge on any atom is -0.480 e. The number of piperazine rings is 1. The summed E-state index contributed by atoms with van der Waals surface area (Å²) in [7, 11) is 0. The Bertz CT molecular complexity index is 4000. The topological polar surface area (TPSA) is 371 Å². The number of nitrogen functional groups attached to an aromatic ring is 1. The van der Waals surface area contributed by atoms with Crippen molar-refractivity contribution in [3.8, 4) is 17.3 Å². The molecular formula is C61H68ClF2N17O11S. The SMILES string of the molecule is Cc1nc2cc(F)c(-c3cnc(N4CCN(C(=O)COCCn5cc(COCCOCCOCCOCCNC(=O)CC[C@H](NC(=O)c6ccc(SCCc7cc8c(=O)[nH]c(N)nc8[nH]7)cc6)C(=O)O)nn5)CC4)nc3)nc2c(N[C@H](C)c2cc(C#N)ccc2F)c1Cl. The number of amides is 3. The number of carboxylic acids is 1. The Morgan fingerprint density at radius 3 is 2.32 bits per heavy atom. The Balaban J connectivity index is 0.565. The molecule has 1 fully saturated rings. The van der Waals surface area contributed by atoms with Crippen molar-refractivity contribution in [2.24, 2.45) is 0 Å². The number of nitrogens with two attached hydrogens (primary N) is 1. The summed E-state index contributed by atoms with van der Waals surface area (Å²) < 4.78 is 60.0. The van der Waals surface area contributed by atoms with E-state index in [0.29, 0.717) is 118 Å². The number of H-pyrrole nitrogens is 2. The molecule has 3 amide bonds. The van der Waals surface area contributed by atoms with E-state index in [0.717, 1.165) is 10.6 Å². The summed E-state index contributed by atoms with van der Waals surface area (Å²) in [6.45, 7) is 8.09. The zero-order valence-corrected chi connectivity index (χ0v) is 52.4. The second-order valence-corrected chi connectivity index (χ2v) is 22.8. The molecule has 1 aliphatic heterocycles. The second kappa shape index (κ2) is 33.3. The first-order chi connectivity index (χ1) is 45.0. The highest BCUT2D eigenvalue weighted by molar-refractivity contribution is 7.99. The van der Waals surface area contributed by atoms with E-state index in [9.17, 15) is 38.7 Å². The number of nitriles is 1. The number of nitrogens with one attached hydrogen (secondary N) is 5. The molecular weight excluding hydrogens is 1250 g/mol. The molecule has 0 unspecified atom stereocenters. The van der Waals surface area contributed by atoms with E-state index in [4.69, 9.17) is 41.0 Å². The molecule has 8 N–H and O–H groups in total. The molecule has 490 valence electrons. The van der Waals surface area contributed by atoms with Crippen LogP contribution in [0.2, 0.25) is 5.02 Å². The van der Waals surface area contributed by atoms with Crippen LogP contribution in [0.4, 0.5) is 26.4 Å². The number of halogens is 3. The predicted octanol–water partition coefficient (Wildman–Crippen LogP) is 5.16. The number of nitrogens with zero attached hydrogens (tertiary/aromatic N) is 11. The average molecular weight is 1320 g/mol. The van der Waals surface area contributed by atoms with Crippen molar-refractivity contribution in [1.29, 1.82) is 5.26 Å². The van der Waals surface area contributed by atoms with Crippen LogP contribution in [-0.4, -0.2) is 188 Å². The molecule has 1 aliphatic rings. The smallest absolute Gasteiger partial charge is 0.326 e. The van der Waals surface area contributed by atoms with Crippen LogP contribution in [0.1, 0.15) is 64.4 Å². The number of fused-ring (bicyclic) bond motifs is 2. The van der Waals surface area contributed by atoms with Crippen LogP contribution in [0, 0.1) is 29.9 Å². The van der Waals surface area contributed by atoms with Gasteiger partial charge in [-0.2, -0.15) is 10.2 Å². The number of carbonyl (C=O) groups is 4. The van der Waals surface area contributed by atoms with Crippen LogP contribution >= 0.6 is 23.4 Å². The summed E-state index contributed by atoms with van der Waals surface area (Å²) in [5, 5.41) is 36.3. The zero-order chi connectivity index (χ0) is 65.8. The maximum Gasteiger partial charge on any atom is 0.326 e. The van der Waals surface area contributed by atoms with Crippen molar-refractivity contribution >= 4 is 86.7 Å². The number of ether oxygens (including phenoxy) is 5. The number of aromatic nitrogens is 10. The van der Waals surface area contributed by atoms with Gasteiger partial charge in [-0.25, -0.2) is 38.2 Å². The molecule has 6 aromatic heterocycles. The van der Waals surface area contributed by atoms with E-state index in [1.807, 2.05) is 11.0 Å². The number of anilines is 3. The molecule has 2 aromatic carbocycles. The van der Waals surface area contributed by atoms with E-state index < -0.39 is 35.6 Å². The quantitative estimate of drug-likeness (QED) is 0.0202. The Morgan fingerprint density at radius 1 is 0.882 bits per heavy atom. The van der Waals surface area contributed by atoms with Crippen molar-refractivity contribution in [3.05, 3.63) is 134 Å². The Morgan fingerprint density at radius 2 is 1.60 bits per heavy atom. The maximum atomic E-state index is 15.7. The molecule has 0 aliphatic carbocycles. The van der Waals surface area contributed by atoms with E-state index >= 15 is 4.39 Å². The number of thioether (sulfide) groups is 1. The molecule has 0 bridgehead atoms. The second-order valence-electron chi connectivity index (χ2n) is 21.2. The van der Waals surface area contributed by atoms with Gasteiger partial charge in [0.05, 0.1) is 117 Å². The van der Waals surface area contributed by atoms with Crippen molar-refractivity contribution in [1.82, 2.24) is 65.4 Å². The minimum atomic E-state index is -1.28. The summed E-state index contributed by atoms with van der Waals surface area (Å²) >= 11 is 8.25. The van der Waals surface area contributed by atoms with Gasteiger partial charge in [0, 0.05) is 90.6 Å². The van der Waals surface area contributed by atoms with Crippen molar-refractivity contribution in [2.45, 2.75) is 63.2 Å². The molecule has 2 atom stereocenters. The molecule has 0 saturated carbocycles. The van der Waals surface area contributed by atoms with E-state index in [2.05, 4.69) is 61.2 Å². The Kier molecular flexibility index (Phi) is 24.4. The highest BCUT2D eigenvalue weighted by Crippen LogP contribution is 2.37. The van der Waals surface area contributed by atoms with Gasteiger partial charge in [-0.1, -0.05) is 16.8 Å². The minimum absolute atomic E-state index is 0.0313. The molecule has 93 heavy (non-hydrogen) atoms. The fourth-order valence-corrected chi connectivity index (χ4v) is 10.8. The summed E-state index contributed by atoms with van der Waals surface area (Å²) in [6, 6.07) is 13.8. The number of pyridine rings is 2. The number of carboxylic acid groups (broad SMARTS) is 1. The van der Waals surface area contributed by atoms with Gasteiger partial charge < -0.3 is 65.3 Å². The van der Waals surface area contributed by atoms with Gasteiger partial charge in [-0.3, -0.25) is 24.2 Å². The lowest BCUT2D eigenvalue weighted by atomic mass is 10.0. The first-order valence-corrected chi connectivity index (χ1v) is 31.0. The molecule has 9 rings (SSSR count). The van der Waals surface area contributed by atoms with Crippen molar-refractivity contribution in [3.63, 3.8) is 0 Å². The maximum absolute atomic E-state index is 15.7. The molecule has 0 spiro atoms. The summed E-state index contributed by atoms with van der Waals surface area (Å²) in [5.74, 6) is -2.47. The summed E-state index contributed by atoms with van der Waals surface area (Å²) in [5.41, 5.74) is 9.41. The fraction of sp³-hybridized carbons (Fsp3) is 0.393. The first-order valence-electron chi connectivity index (χ1n) is 29.7. The average Bonchev–Trinajstić information content (AvgIpc) is 1.49. The number of carbonyl (C=O) groups excluding carboxylic acids is 3. The first kappa shape index (κ1) is 68.1. The number of aryl methyl sites for hydroxylation is 2. The lowest BCUT2D eigenvalue weighted by molar-refractivity contribution is -0.139. The fourth-order valence-electron chi connectivity index (χ4n) is 9.69. The molecule has 32 heteroatoms. The van der Waals surface area contributed by atoms with Crippen LogP contribution in [0.5, 0.6) is 0 Å². The third kappa shape index (κ3) is 19.2. The lowest BCUT2D eigenvalue weighted by Crippen LogP contribution is -2.50. The van der Waals surface area contributed by atoms with Gasteiger partial charge >= 0.3 is 5.97 Å². The molecule has 7 heterocycles. The predicted molar refractivity (Wildman–Crippen MR) is 338 cm³/mol. The van der Waals surface area contributed by atoms with Gasteiger partial charge in [0.1, 0.15) is 41.0 Å². The Labute approximate surface area is 540 Å². The molecule has 0 radical (unpaired) electrons. The van der Waals surface area contributed by atoms with Crippen LogP contribution in [0.25, 0.3) is 33.3 Å². The third-order valence-electron chi connectivity index (χ3n) is 14.6. The van der Waals surface area contributed by atoms with Gasteiger partial charge in [-0.05, 0) is 75.2 Å². The number of hydrogen-bond acceptors (Lipinski definition) is 22. The molecule has 28 nitrogen and oxygen atoms in total. The van der Waals surface area contributed by atoms with Crippen molar-refractivity contribution < 1.29 is 56.7 Å². The van der Waals surface area contributed by atoms with Crippen LogP contribution in [0.3, 0.4) is 0 Å². The van der Waals surface area contributed by atoms with Gasteiger partial charge in [0.25, 0.3) is 11.5 Å². The van der Waals surface area contributed by atoms with Gasteiger partial charge in [0.15, 0.2) is 5.82 Å². The van der Waals surface area contributed by atoms with Crippen LogP contribution < -0.4 is 32.1 Å². The Hall–Kier alpha value is -9.29. The van der Waals surface area contributed by atoms with Crippen LogP contribution in [0.15, 0.2) is 82.9 Å². The van der Waals surface area contributed by atoms with E-state index in [1.165, 1.54) is 48.4 Å². The molecule has 1 saturated heterocycles. The lowest BCUT2D eigenvalue weighted by Gasteiger charge is -2.34.